The first-order chi connectivity index (χ1) is 12.6. The van der Waals surface area contributed by atoms with Gasteiger partial charge in [-0.05, 0) is 30.5 Å². The van der Waals surface area contributed by atoms with Gasteiger partial charge < -0.3 is 18.9 Å². The van der Waals surface area contributed by atoms with Crippen LogP contribution in [0.4, 0.5) is 0 Å². The van der Waals surface area contributed by atoms with Gasteiger partial charge in [-0.25, -0.2) is 4.98 Å². The molecule has 138 valence electrons. The second-order valence-electron chi connectivity index (χ2n) is 7.16. The predicted octanol–water partition coefficient (Wildman–Crippen LogP) is 1.69. The highest BCUT2D eigenvalue weighted by Crippen LogP contribution is 2.35. The van der Waals surface area contributed by atoms with Crippen LogP contribution in [0.25, 0.3) is 0 Å². The first kappa shape index (κ1) is 16.9. The zero-order valence-corrected chi connectivity index (χ0v) is 15.2. The predicted molar refractivity (Wildman–Crippen MR) is 96.0 cm³/mol. The van der Waals surface area contributed by atoms with Crippen LogP contribution in [0.2, 0.25) is 0 Å². The van der Waals surface area contributed by atoms with E-state index in [2.05, 4.69) is 16.0 Å². The second-order valence-corrected chi connectivity index (χ2v) is 7.16. The summed E-state index contributed by atoms with van der Waals surface area (Å²) in [5, 5.41) is 0. The highest BCUT2D eigenvalue weighted by atomic mass is 16.7. The minimum atomic E-state index is -0.536. The zero-order chi connectivity index (χ0) is 18.1. The number of nitrogens with zero attached hydrogens (tertiary/aromatic N) is 4. The molecule has 7 nitrogen and oxygen atoms in total. The Morgan fingerprint density at radius 1 is 1.23 bits per heavy atom. The number of imidazole rings is 1. The van der Waals surface area contributed by atoms with E-state index in [1.54, 1.807) is 17.4 Å². The average Bonchev–Trinajstić information content (AvgIpc) is 3.33. The molecule has 0 spiro atoms. The van der Waals surface area contributed by atoms with Crippen LogP contribution in [0.1, 0.15) is 18.4 Å². The molecule has 0 unspecified atom stereocenters. The molecule has 26 heavy (non-hydrogen) atoms. The Morgan fingerprint density at radius 3 is 2.69 bits per heavy atom. The Kier molecular flexibility index (Phi) is 4.32. The third-order valence-electron chi connectivity index (χ3n) is 5.33. The van der Waals surface area contributed by atoms with Crippen LogP contribution >= 0.6 is 0 Å². The number of carbonyl (C=O) groups is 1. The van der Waals surface area contributed by atoms with Gasteiger partial charge in [0, 0.05) is 46.1 Å². The fourth-order valence-corrected chi connectivity index (χ4v) is 3.89. The molecule has 1 aromatic heterocycles. The minimum Gasteiger partial charge on any atom is -0.454 e. The van der Waals surface area contributed by atoms with Crippen molar-refractivity contribution in [2.75, 3.05) is 34.0 Å². The molecule has 3 heterocycles. The summed E-state index contributed by atoms with van der Waals surface area (Å²) >= 11 is 0. The van der Waals surface area contributed by atoms with Gasteiger partial charge in [0.25, 0.3) is 0 Å². The van der Waals surface area contributed by atoms with E-state index in [-0.39, 0.29) is 5.91 Å². The molecule has 2 aliphatic rings. The standard InChI is InChI=1S/C19H24N4O3/c1-21(2)18(24)19(23-10-7-20-13-23)5-8-22(9-6-19)12-15-3-4-16-17(11-15)26-14-25-16/h3-4,7,10-11,13H,5-6,8-9,12,14H2,1-2H3. The quantitative estimate of drug-likeness (QED) is 0.834. The van der Waals surface area contributed by atoms with Crippen molar-refractivity contribution in [3.8, 4) is 11.5 Å². The van der Waals surface area contributed by atoms with E-state index in [9.17, 15) is 4.79 Å². The monoisotopic (exact) mass is 356 g/mol. The van der Waals surface area contributed by atoms with Gasteiger partial charge in [0.05, 0.1) is 6.33 Å². The number of hydrogen-bond acceptors (Lipinski definition) is 5. The largest absolute Gasteiger partial charge is 0.454 e. The van der Waals surface area contributed by atoms with Crippen molar-refractivity contribution in [3.05, 3.63) is 42.5 Å². The molecule has 0 saturated carbocycles. The van der Waals surface area contributed by atoms with Crippen LogP contribution in [0, 0.1) is 0 Å². The molecule has 2 aliphatic heterocycles. The number of piperidine rings is 1. The number of aromatic nitrogens is 2. The number of likely N-dealkylation sites (tertiary alicyclic amines) is 1. The molecule has 1 saturated heterocycles. The number of likely N-dealkylation sites (N-methyl/N-ethyl adjacent to an activating group) is 1. The average molecular weight is 356 g/mol. The summed E-state index contributed by atoms with van der Waals surface area (Å²) in [6, 6.07) is 6.09. The molecule has 0 atom stereocenters. The van der Waals surface area contributed by atoms with Crippen LogP contribution in [0.5, 0.6) is 11.5 Å². The Hall–Kier alpha value is -2.54. The molecular formula is C19H24N4O3. The van der Waals surface area contributed by atoms with E-state index < -0.39 is 5.54 Å². The van der Waals surface area contributed by atoms with E-state index in [0.29, 0.717) is 6.79 Å². The fourth-order valence-electron chi connectivity index (χ4n) is 3.89. The van der Waals surface area contributed by atoms with Gasteiger partial charge in [0.15, 0.2) is 11.5 Å². The van der Waals surface area contributed by atoms with Crippen molar-refractivity contribution in [1.29, 1.82) is 0 Å². The van der Waals surface area contributed by atoms with Crippen LogP contribution < -0.4 is 9.47 Å². The zero-order valence-electron chi connectivity index (χ0n) is 15.2. The smallest absolute Gasteiger partial charge is 0.248 e. The van der Waals surface area contributed by atoms with Gasteiger partial charge in [0.2, 0.25) is 12.7 Å². The van der Waals surface area contributed by atoms with Gasteiger partial charge in [0.1, 0.15) is 5.54 Å². The lowest BCUT2D eigenvalue weighted by Crippen LogP contribution is -2.54. The van der Waals surface area contributed by atoms with Crippen LogP contribution in [-0.4, -0.2) is 59.2 Å². The molecule has 0 aliphatic carbocycles. The summed E-state index contributed by atoms with van der Waals surface area (Å²) < 4.78 is 12.8. The summed E-state index contributed by atoms with van der Waals surface area (Å²) in [4.78, 5) is 21.2. The highest BCUT2D eigenvalue weighted by molar-refractivity contribution is 5.84. The third kappa shape index (κ3) is 2.92. The van der Waals surface area contributed by atoms with Gasteiger partial charge in [-0.3, -0.25) is 9.69 Å². The van der Waals surface area contributed by atoms with Gasteiger partial charge in [-0.2, -0.15) is 0 Å². The molecule has 1 fully saturated rings. The van der Waals surface area contributed by atoms with Gasteiger partial charge in [-0.1, -0.05) is 6.07 Å². The molecule has 7 heteroatoms. The van der Waals surface area contributed by atoms with Crippen molar-refractivity contribution in [2.24, 2.45) is 0 Å². The Labute approximate surface area is 153 Å². The van der Waals surface area contributed by atoms with Crippen LogP contribution in [0.15, 0.2) is 36.9 Å². The van der Waals surface area contributed by atoms with E-state index in [0.717, 1.165) is 44.0 Å². The maximum atomic E-state index is 12.9. The van der Waals surface area contributed by atoms with Crippen molar-refractivity contribution >= 4 is 5.91 Å². The lowest BCUT2D eigenvalue weighted by Gasteiger charge is -2.42. The SMILES string of the molecule is CN(C)C(=O)C1(n2ccnc2)CCN(Cc2ccc3c(c2)OCO3)CC1. The fraction of sp³-hybridized carbons (Fsp3) is 0.474. The summed E-state index contributed by atoms with van der Waals surface area (Å²) in [7, 11) is 3.64. The first-order valence-electron chi connectivity index (χ1n) is 8.89. The van der Waals surface area contributed by atoms with Crippen molar-refractivity contribution in [3.63, 3.8) is 0 Å². The molecule has 1 aromatic carbocycles. The Bertz CT molecular complexity index is 780. The van der Waals surface area contributed by atoms with Gasteiger partial charge >= 0.3 is 0 Å². The molecule has 4 rings (SSSR count). The second kappa shape index (κ2) is 6.64. The number of hydrogen-bond donors (Lipinski definition) is 0. The molecule has 0 bridgehead atoms. The summed E-state index contributed by atoms with van der Waals surface area (Å²) in [5.41, 5.74) is 0.661. The summed E-state index contributed by atoms with van der Waals surface area (Å²) in [6.07, 6.45) is 6.93. The molecule has 0 radical (unpaired) electrons. The maximum Gasteiger partial charge on any atom is 0.248 e. The molecule has 0 N–H and O–H groups in total. The van der Waals surface area contributed by atoms with Crippen LogP contribution in [0.3, 0.4) is 0 Å². The van der Waals surface area contributed by atoms with E-state index in [1.165, 1.54) is 5.56 Å². The van der Waals surface area contributed by atoms with E-state index in [1.807, 2.05) is 37.0 Å². The number of ether oxygens (including phenoxy) is 2. The molecular weight excluding hydrogens is 332 g/mol. The Morgan fingerprint density at radius 2 is 2.00 bits per heavy atom. The number of benzene rings is 1. The number of rotatable bonds is 4. The van der Waals surface area contributed by atoms with Crippen molar-refractivity contribution in [1.82, 2.24) is 19.4 Å². The summed E-state index contributed by atoms with van der Waals surface area (Å²) in [5.74, 6) is 1.76. The minimum absolute atomic E-state index is 0.137. The highest BCUT2D eigenvalue weighted by Gasteiger charge is 2.43. The number of fused-ring (bicyclic) bond motifs is 1. The van der Waals surface area contributed by atoms with Crippen LogP contribution in [-0.2, 0) is 16.9 Å². The normalized spacial score (nSPS) is 18.7. The van der Waals surface area contributed by atoms with Gasteiger partial charge in [-0.15, -0.1) is 0 Å². The Balaban J connectivity index is 1.47. The third-order valence-corrected chi connectivity index (χ3v) is 5.33. The molecule has 2 aromatic rings. The van der Waals surface area contributed by atoms with E-state index >= 15 is 0 Å². The lowest BCUT2D eigenvalue weighted by molar-refractivity contribution is -0.141. The topological polar surface area (TPSA) is 59.8 Å². The van der Waals surface area contributed by atoms with Crippen molar-refractivity contribution in [2.45, 2.75) is 24.9 Å². The maximum absolute atomic E-state index is 12.9. The molecule has 1 amide bonds. The van der Waals surface area contributed by atoms with Crippen molar-refractivity contribution < 1.29 is 14.3 Å². The number of amides is 1. The summed E-state index contributed by atoms with van der Waals surface area (Å²) in [6.45, 7) is 2.84. The van der Waals surface area contributed by atoms with E-state index in [4.69, 9.17) is 9.47 Å². The lowest BCUT2D eigenvalue weighted by atomic mass is 9.85. The first-order valence-corrected chi connectivity index (χ1v) is 8.89. The number of carbonyl (C=O) groups excluding carboxylic acids is 1.